The summed E-state index contributed by atoms with van der Waals surface area (Å²) in [4.78, 5) is 0. The highest BCUT2D eigenvalue weighted by molar-refractivity contribution is 7.68. The van der Waals surface area contributed by atoms with Gasteiger partial charge in [-0.15, -0.1) is 0 Å². The monoisotopic (exact) mass is 594 g/mol. The molecule has 0 radical (unpaired) electrons. The highest BCUT2D eigenvalue weighted by Gasteiger charge is 2.65. The molecule has 0 fully saturated rings. The Morgan fingerprint density at radius 3 is 0.932 bits per heavy atom. The smallest absolute Gasteiger partial charge is 0.155 e. The molecule has 0 spiro atoms. The van der Waals surface area contributed by atoms with E-state index < -0.39 is 15.2 Å². The molecule has 6 aromatic carbocycles. The van der Waals surface area contributed by atoms with Gasteiger partial charge in [-0.1, -0.05) is 154 Å². The van der Waals surface area contributed by atoms with Crippen molar-refractivity contribution in [2.75, 3.05) is 0 Å². The fourth-order valence-electron chi connectivity index (χ4n) is 7.70. The molecule has 1 aliphatic rings. The largest absolute Gasteiger partial charge is 0.192 e. The fourth-order valence-corrected chi connectivity index (χ4v) is 27.9. The van der Waals surface area contributed by atoms with E-state index >= 15 is 0 Å². The summed E-state index contributed by atoms with van der Waals surface area (Å²) in [5, 5.41) is 28.5. The van der Waals surface area contributed by atoms with Crippen LogP contribution in [0, 0.1) is 36.5 Å². The van der Waals surface area contributed by atoms with Gasteiger partial charge in [0.2, 0.25) is 0 Å². The summed E-state index contributed by atoms with van der Waals surface area (Å²) in [5.74, 6) is 0. The van der Waals surface area contributed by atoms with Gasteiger partial charge >= 0.3 is 0 Å². The van der Waals surface area contributed by atoms with E-state index in [9.17, 15) is 10.5 Å². The van der Waals surface area contributed by atoms with Crippen molar-refractivity contribution < 1.29 is 0 Å². The SMILES string of the molecule is Cc1cc2c(cc1C#N)-c1cc(C#N)c(C)cc1[Si](c1ccccc1)(c1ccccc1)[Si]2(c1ccccc1)c1ccccc1. The molecule has 0 bridgehead atoms. The third-order valence-electron chi connectivity index (χ3n) is 9.46. The van der Waals surface area contributed by atoms with Crippen LogP contribution in [0.1, 0.15) is 22.3 Å². The topological polar surface area (TPSA) is 47.6 Å². The minimum atomic E-state index is -3.04. The molecule has 7 rings (SSSR count). The van der Waals surface area contributed by atoms with Crippen LogP contribution in [-0.4, -0.2) is 15.2 Å². The molecule has 2 nitrogen and oxygen atoms in total. The highest BCUT2D eigenvalue weighted by Crippen LogP contribution is 2.35. The summed E-state index contributed by atoms with van der Waals surface area (Å²) in [7, 11) is -6.08. The minimum Gasteiger partial charge on any atom is -0.192 e. The van der Waals surface area contributed by atoms with E-state index in [4.69, 9.17) is 0 Å². The van der Waals surface area contributed by atoms with Gasteiger partial charge in [0.1, 0.15) is 0 Å². The lowest BCUT2D eigenvalue weighted by Gasteiger charge is -2.54. The van der Waals surface area contributed by atoms with Gasteiger partial charge in [-0.25, -0.2) is 0 Å². The average molecular weight is 595 g/mol. The van der Waals surface area contributed by atoms with Gasteiger partial charge in [0.25, 0.3) is 0 Å². The second-order valence-electron chi connectivity index (χ2n) is 11.6. The van der Waals surface area contributed by atoms with Crippen LogP contribution in [-0.2, 0) is 0 Å². The molecule has 0 amide bonds. The second-order valence-corrected chi connectivity index (χ2v) is 22.5. The molecule has 6 aromatic rings. The normalized spacial score (nSPS) is 14.0. The minimum absolute atomic E-state index is 0.673. The number of rotatable bonds is 4. The first-order valence-corrected chi connectivity index (χ1v) is 19.9. The van der Waals surface area contributed by atoms with Gasteiger partial charge in [0.05, 0.1) is 23.3 Å². The standard InChI is InChI=1S/C40H30N2Si2/c1-29-23-39-37(25-31(29)27-41)38-26-32(28-42)30(2)24-40(38)44(35-19-11-5-12-20-35,36-21-13-6-14-22-36)43(39,33-15-7-3-8-16-33)34-17-9-4-10-18-34/h3-26H,1-2H3. The summed E-state index contributed by atoms with van der Waals surface area (Å²) in [6.07, 6.45) is 0. The van der Waals surface area contributed by atoms with Crippen molar-refractivity contribution in [2.24, 2.45) is 0 Å². The maximum atomic E-state index is 10.3. The van der Waals surface area contributed by atoms with E-state index in [0.717, 1.165) is 22.3 Å². The molecule has 0 atom stereocenters. The van der Waals surface area contributed by atoms with E-state index in [0.29, 0.717) is 11.1 Å². The number of aryl methyl sites for hydroxylation is 2. The van der Waals surface area contributed by atoms with Crippen LogP contribution in [0.25, 0.3) is 11.1 Å². The van der Waals surface area contributed by atoms with Crippen LogP contribution in [0.5, 0.6) is 0 Å². The first-order chi connectivity index (χ1) is 21.6. The third kappa shape index (κ3) is 3.76. The first kappa shape index (κ1) is 27.6. The lowest BCUT2D eigenvalue weighted by atomic mass is 9.96. The molecule has 0 N–H and O–H groups in total. The number of nitriles is 2. The van der Waals surface area contributed by atoms with Gasteiger partial charge in [0, 0.05) is 0 Å². The van der Waals surface area contributed by atoms with E-state index in [2.05, 4.69) is 172 Å². The van der Waals surface area contributed by atoms with Crippen molar-refractivity contribution in [3.8, 4) is 23.3 Å². The molecule has 44 heavy (non-hydrogen) atoms. The zero-order valence-corrected chi connectivity index (χ0v) is 26.8. The quantitative estimate of drug-likeness (QED) is 0.277. The van der Waals surface area contributed by atoms with Gasteiger partial charge < -0.3 is 0 Å². The van der Waals surface area contributed by atoms with Crippen molar-refractivity contribution in [3.05, 3.63) is 168 Å². The van der Waals surface area contributed by atoms with Crippen molar-refractivity contribution in [1.82, 2.24) is 0 Å². The average Bonchev–Trinajstić information content (AvgIpc) is 3.08. The van der Waals surface area contributed by atoms with Crippen LogP contribution in [0.15, 0.2) is 146 Å². The van der Waals surface area contributed by atoms with Crippen LogP contribution in [0.2, 0.25) is 0 Å². The summed E-state index contributed by atoms with van der Waals surface area (Å²) in [6.45, 7) is 4.13. The molecule has 1 heterocycles. The third-order valence-corrected chi connectivity index (χ3v) is 26.3. The van der Waals surface area contributed by atoms with Crippen molar-refractivity contribution in [2.45, 2.75) is 13.8 Å². The highest BCUT2D eigenvalue weighted by atomic mass is 29.3. The van der Waals surface area contributed by atoms with Crippen LogP contribution < -0.4 is 31.1 Å². The maximum absolute atomic E-state index is 10.3. The molecule has 0 unspecified atom stereocenters. The molecule has 208 valence electrons. The molecule has 0 aromatic heterocycles. The molecule has 1 aliphatic heterocycles. The van der Waals surface area contributed by atoms with E-state index in [1.165, 1.54) is 31.1 Å². The van der Waals surface area contributed by atoms with Gasteiger partial charge in [-0.05, 0) is 58.6 Å². The van der Waals surface area contributed by atoms with E-state index in [1.54, 1.807) is 0 Å². The predicted molar refractivity (Wildman–Crippen MR) is 186 cm³/mol. The Morgan fingerprint density at radius 2 is 0.682 bits per heavy atom. The summed E-state index contributed by atoms with van der Waals surface area (Å²) >= 11 is 0. The Morgan fingerprint density at radius 1 is 0.409 bits per heavy atom. The Hall–Kier alpha value is -5.27. The van der Waals surface area contributed by atoms with Crippen LogP contribution in [0.3, 0.4) is 0 Å². The number of hydrogen-bond donors (Lipinski definition) is 0. The van der Waals surface area contributed by atoms with Gasteiger partial charge in [0.15, 0.2) is 15.2 Å². The number of hydrogen-bond acceptors (Lipinski definition) is 2. The summed E-state index contributed by atoms with van der Waals surface area (Å²) < 4.78 is 0. The lowest BCUT2D eigenvalue weighted by Crippen LogP contribution is -2.95. The Labute approximate surface area is 261 Å². The van der Waals surface area contributed by atoms with Gasteiger partial charge in [-0.3, -0.25) is 0 Å². The van der Waals surface area contributed by atoms with E-state index in [-0.39, 0.29) is 0 Å². The molecule has 4 heteroatoms. The molecular formula is C40H30N2Si2. The predicted octanol–water partition coefficient (Wildman–Crippen LogP) is 4.75. The Kier molecular flexibility index (Phi) is 6.75. The molecular weight excluding hydrogens is 565 g/mol. The zero-order valence-electron chi connectivity index (χ0n) is 24.8. The van der Waals surface area contributed by atoms with Crippen LogP contribution in [0.4, 0.5) is 0 Å². The van der Waals surface area contributed by atoms with Crippen molar-refractivity contribution in [1.29, 1.82) is 10.5 Å². The van der Waals surface area contributed by atoms with E-state index in [1.807, 2.05) is 0 Å². The van der Waals surface area contributed by atoms with Crippen molar-refractivity contribution >= 4 is 46.3 Å². The van der Waals surface area contributed by atoms with Gasteiger partial charge in [-0.2, -0.15) is 10.5 Å². The maximum Gasteiger partial charge on any atom is 0.155 e. The molecule has 0 aliphatic carbocycles. The molecule has 0 saturated heterocycles. The number of fused-ring (bicyclic) bond motifs is 3. The fraction of sp³-hybridized carbons (Fsp3) is 0.0500. The first-order valence-electron chi connectivity index (χ1n) is 14.9. The number of nitrogens with zero attached hydrogens (tertiary/aromatic N) is 2. The van der Waals surface area contributed by atoms with Crippen LogP contribution >= 0.6 is 0 Å². The summed E-state index contributed by atoms with van der Waals surface area (Å²) in [6, 6.07) is 58.3. The second kappa shape index (κ2) is 10.8. The molecule has 0 saturated carbocycles. The number of benzene rings is 6. The van der Waals surface area contributed by atoms with Crippen molar-refractivity contribution in [3.63, 3.8) is 0 Å². The Balaban J connectivity index is 1.86. The zero-order chi connectivity index (χ0) is 30.3. The lowest BCUT2D eigenvalue weighted by molar-refractivity contribution is 1.38. The Bertz CT molecular complexity index is 1860. The summed E-state index contributed by atoms with van der Waals surface area (Å²) in [5.41, 5.74) is 5.46.